The van der Waals surface area contributed by atoms with Crippen LogP contribution in [-0.4, -0.2) is 43.6 Å². The van der Waals surface area contributed by atoms with Crippen molar-refractivity contribution in [2.75, 3.05) is 5.32 Å². The van der Waals surface area contributed by atoms with Crippen LogP contribution in [0.2, 0.25) is 5.28 Å². The van der Waals surface area contributed by atoms with E-state index in [1.54, 1.807) is 0 Å². The first-order valence-electron chi connectivity index (χ1n) is 11.5. The van der Waals surface area contributed by atoms with Gasteiger partial charge < -0.3 is 19.4 Å². The molecule has 7 rings (SSSR count). The molecule has 0 unspecified atom stereocenters. The van der Waals surface area contributed by atoms with E-state index < -0.39 is 5.79 Å². The number of fused-ring (bicyclic) bond motifs is 4. The fraction of sp³-hybridized carbons (Fsp3) is 0.773. The Labute approximate surface area is 180 Å². The van der Waals surface area contributed by atoms with Crippen LogP contribution in [0.25, 0.3) is 11.2 Å². The molecule has 0 radical (unpaired) electrons. The molecule has 7 nitrogen and oxygen atoms in total. The molecule has 4 aliphatic carbocycles. The molecule has 0 bridgehead atoms. The summed E-state index contributed by atoms with van der Waals surface area (Å²) in [6.45, 7) is 4.01. The Morgan fingerprint density at radius 2 is 1.97 bits per heavy atom. The van der Waals surface area contributed by atoms with E-state index in [9.17, 15) is 0 Å². The van der Waals surface area contributed by atoms with E-state index in [0.29, 0.717) is 17.9 Å². The normalized spacial score (nSPS) is 37.2. The highest BCUT2D eigenvalue weighted by atomic mass is 35.5. The Kier molecular flexibility index (Phi) is 3.68. The molecule has 2 aromatic heterocycles. The van der Waals surface area contributed by atoms with Crippen molar-refractivity contribution >= 4 is 28.6 Å². The summed E-state index contributed by atoms with van der Waals surface area (Å²) in [5, 5.41) is 3.99. The van der Waals surface area contributed by atoms with Gasteiger partial charge in [0.05, 0.1) is 18.5 Å². The summed E-state index contributed by atoms with van der Waals surface area (Å²) in [4.78, 5) is 13.9. The molecule has 5 aliphatic rings. The minimum Gasteiger partial charge on any atom is -0.365 e. The maximum atomic E-state index is 6.40. The van der Waals surface area contributed by atoms with Crippen molar-refractivity contribution in [2.24, 2.45) is 23.7 Å². The van der Waals surface area contributed by atoms with Gasteiger partial charge in [-0.1, -0.05) is 12.8 Å². The molecule has 1 saturated heterocycles. The summed E-state index contributed by atoms with van der Waals surface area (Å²) >= 11 is 6.40. The summed E-state index contributed by atoms with van der Waals surface area (Å²) in [7, 11) is 0. The predicted molar refractivity (Wildman–Crippen MR) is 112 cm³/mol. The lowest BCUT2D eigenvalue weighted by atomic mass is 10.1. The van der Waals surface area contributed by atoms with Crippen molar-refractivity contribution < 1.29 is 9.47 Å². The number of nitrogens with one attached hydrogen (secondary N) is 1. The second-order valence-corrected chi connectivity index (χ2v) is 10.9. The zero-order valence-electron chi connectivity index (χ0n) is 17.4. The summed E-state index contributed by atoms with van der Waals surface area (Å²) in [5.41, 5.74) is 1.63. The first kappa shape index (κ1) is 18.2. The molecule has 0 spiro atoms. The Hall–Kier alpha value is -1.44. The lowest BCUT2D eigenvalue weighted by molar-refractivity contribution is -0.156. The summed E-state index contributed by atoms with van der Waals surface area (Å²) in [5.74, 6) is 3.02. The molecular formula is C22H28ClN5O2. The van der Waals surface area contributed by atoms with Gasteiger partial charge in [0.15, 0.2) is 22.8 Å². The predicted octanol–water partition coefficient (Wildman–Crippen LogP) is 4.18. The molecule has 2 aromatic rings. The highest BCUT2D eigenvalue weighted by Crippen LogP contribution is 2.63. The molecule has 30 heavy (non-hydrogen) atoms. The molecule has 1 N–H and O–H groups in total. The smallest absolute Gasteiger partial charge is 0.226 e. The number of ether oxygens (including phenoxy) is 2. The molecule has 8 heteroatoms. The van der Waals surface area contributed by atoms with Crippen LogP contribution in [0.3, 0.4) is 0 Å². The van der Waals surface area contributed by atoms with Crippen molar-refractivity contribution in [1.82, 2.24) is 19.5 Å². The van der Waals surface area contributed by atoms with Gasteiger partial charge in [-0.25, -0.2) is 4.98 Å². The fourth-order valence-electron chi connectivity index (χ4n) is 5.99. The summed E-state index contributed by atoms with van der Waals surface area (Å²) < 4.78 is 14.7. The average molecular weight is 430 g/mol. The molecular weight excluding hydrogens is 402 g/mol. The van der Waals surface area contributed by atoms with Crippen LogP contribution in [0.1, 0.15) is 58.4 Å². The number of nitrogens with zero attached hydrogens (tertiary/aromatic N) is 4. The zero-order chi connectivity index (χ0) is 20.2. The van der Waals surface area contributed by atoms with Gasteiger partial charge in [-0.15, -0.1) is 0 Å². The van der Waals surface area contributed by atoms with Gasteiger partial charge in [0, 0.05) is 6.04 Å². The van der Waals surface area contributed by atoms with Crippen molar-refractivity contribution in [2.45, 2.75) is 82.5 Å². The molecule has 0 aromatic carbocycles. The maximum Gasteiger partial charge on any atom is 0.226 e. The van der Waals surface area contributed by atoms with Crippen molar-refractivity contribution in [3.63, 3.8) is 0 Å². The van der Waals surface area contributed by atoms with Crippen LogP contribution in [0.15, 0.2) is 6.33 Å². The maximum absolute atomic E-state index is 6.40. The van der Waals surface area contributed by atoms with Gasteiger partial charge in [0.25, 0.3) is 0 Å². The molecule has 6 atom stereocenters. The standard InChI is InChI=1S/C22H28ClN5O2/c1-22(2)29-17-13-8-12(13)16(18(17)30-22)28-9-24-15-19(26-21(23)27-20(15)28)25-14(11-5-6-11)7-10-3-4-10/h9-14,16-18H,3-8H2,1-2H3,(H,25,26,27)/t12-,13+,14-,16+,17+,18-/m0/s1. The van der Waals surface area contributed by atoms with E-state index in [0.717, 1.165) is 28.8 Å². The first-order valence-corrected chi connectivity index (χ1v) is 11.9. The first-order chi connectivity index (χ1) is 14.5. The molecule has 5 fully saturated rings. The van der Waals surface area contributed by atoms with Crippen LogP contribution in [-0.2, 0) is 9.47 Å². The molecule has 3 heterocycles. The molecule has 4 saturated carbocycles. The number of imidazole rings is 1. The number of rotatable bonds is 6. The third kappa shape index (κ3) is 2.88. The highest BCUT2D eigenvalue weighted by Gasteiger charge is 2.66. The SMILES string of the molecule is CC1(C)O[C@@H]2[C@@H]3C[C@@H]3[C@@H](n3cnc4c(N[C@@H](CC5CC5)C5CC5)nc(Cl)nc43)[C@@H]2O1. The van der Waals surface area contributed by atoms with Gasteiger partial charge in [0.2, 0.25) is 5.28 Å². The summed E-state index contributed by atoms with van der Waals surface area (Å²) in [6, 6.07) is 0.657. The van der Waals surface area contributed by atoms with E-state index in [-0.39, 0.29) is 23.5 Å². The van der Waals surface area contributed by atoms with Gasteiger partial charge >= 0.3 is 0 Å². The van der Waals surface area contributed by atoms with Crippen LogP contribution >= 0.6 is 11.6 Å². The van der Waals surface area contributed by atoms with E-state index in [1.165, 1.54) is 38.5 Å². The third-order valence-corrected chi connectivity index (χ3v) is 7.93. The largest absolute Gasteiger partial charge is 0.365 e. The lowest BCUT2D eigenvalue weighted by Gasteiger charge is -2.24. The molecule has 160 valence electrons. The van der Waals surface area contributed by atoms with Gasteiger partial charge in [-0.05, 0) is 74.8 Å². The Bertz CT molecular complexity index is 1020. The van der Waals surface area contributed by atoms with E-state index >= 15 is 0 Å². The number of hydrogen-bond donors (Lipinski definition) is 1. The Balaban J connectivity index is 1.24. The lowest BCUT2D eigenvalue weighted by Crippen LogP contribution is -2.30. The molecule has 1 aliphatic heterocycles. The Morgan fingerprint density at radius 3 is 2.73 bits per heavy atom. The third-order valence-electron chi connectivity index (χ3n) is 7.76. The van der Waals surface area contributed by atoms with Gasteiger partial charge in [0.1, 0.15) is 6.10 Å². The van der Waals surface area contributed by atoms with Crippen LogP contribution in [0, 0.1) is 23.7 Å². The van der Waals surface area contributed by atoms with E-state index in [4.69, 9.17) is 26.1 Å². The van der Waals surface area contributed by atoms with Crippen molar-refractivity contribution in [3.05, 3.63) is 11.6 Å². The second-order valence-electron chi connectivity index (χ2n) is 10.6. The zero-order valence-corrected chi connectivity index (χ0v) is 18.2. The van der Waals surface area contributed by atoms with E-state index in [1.807, 2.05) is 20.2 Å². The van der Waals surface area contributed by atoms with Gasteiger partial charge in [-0.2, -0.15) is 9.97 Å². The fourth-order valence-corrected chi connectivity index (χ4v) is 6.16. The van der Waals surface area contributed by atoms with Crippen LogP contribution in [0.5, 0.6) is 0 Å². The summed E-state index contributed by atoms with van der Waals surface area (Å²) in [6.07, 6.45) is 9.87. The Morgan fingerprint density at radius 1 is 1.17 bits per heavy atom. The van der Waals surface area contributed by atoms with Gasteiger partial charge in [-0.3, -0.25) is 0 Å². The number of halogens is 1. The average Bonchev–Trinajstić information content (AvgIpc) is 3.57. The van der Waals surface area contributed by atoms with E-state index in [2.05, 4.69) is 19.9 Å². The minimum absolute atomic E-state index is 0.0420. The highest BCUT2D eigenvalue weighted by molar-refractivity contribution is 6.28. The minimum atomic E-state index is -0.531. The van der Waals surface area contributed by atoms with Crippen molar-refractivity contribution in [1.29, 1.82) is 0 Å². The number of hydrogen-bond acceptors (Lipinski definition) is 6. The monoisotopic (exact) mass is 429 g/mol. The number of aromatic nitrogens is 4. The number of anilines is 1. The molecule has 0 amide bonds. The van der Waals surface area contributed by atoms with Crippen LogP contribution in [0.4, 0.5) is 5.82 Å². The van der Waals surface area contributed by atoms with Crippen molar-refractivity contribution in [3.8, 4) is 0 Å². The topological polar surface area (TPSA) is 74.1 Å². The van der Waals surface area contributed by atoms with Crippen LogP contribution < -0.4 is 5.32 Å². The second kappa shape index (κ2) is 6.08. The quantitative estimate of drug-likeness (QED) is 0.694.